The number of unbranched alkanes of at least 4 members (excludes halogenated alkanes) is 10. The topological polar surface area (TPSA) is 80.9 Å². The Bertz CT molecular complexity index is 116. The molecule has 0 aliphatic carbocycles. The summed E-state index contributed by atoms with van der Waals surface area (Å²) < 4.78 is 0. The smallest absolute Gasteiger partial charge is 0.0431 e. The van der Waals surface area contributed by atoms with Crippen molar-refractivity contribution in [3.05, 3.63) is 0 Å². The standard InChI is InChI=1S/C13H28O.3C2H6O/c1-2-3-4-5-6-7-8-9-10-11-12-13-14;3*1-2-3/h14H,2-13H2,1H3;3*3H,2H2,1H3. The lowest BCUT2D eigenvalue weighted by atomic mass is 10.1. The summed E-state index contributed by atoms with van der Waals surface area (Å²) in [6, 6.07) is 0. The van der Waals surface area contributed by atoms with Gasteiger partial charge in [-0.25, -0.2) is 0 Å². The Morgan fingerprint density at radius 2 is 0.609 bits per heavy atom. The van der Waals surface area contributed by atoms with Crippen LogP contribution in [0.4, 0.5) is 0 Å². The van der Waals surface area contributed by atoms with Crippen LogP contribution in [0.1, 0.15) is 98.3 Å². The van der Waals surface area contributed by atoms with Crippen LogP contribution in [0, 0.1) is 0 Å². The van der Waals surface area contributed by atoms with E-state index in [1.807, 2.05) is 0 Å². The third-order valence-electron chi connectivity index (χ3n) is 2.76. The molecule has 4 nitrogen and oxygen atoms in total. The van der Waals surface area contributed by atoms with Crippen LogP contribution < -0.4 is 0 Å². The van der Waals surface area contributed by atoms with Crippen molar-refractivity contribution in [3.63, 3.8) is 0 Å². The number of rotatable bonds is 11. The highest BCUT2D eigenvalue weighted by Crippen LogP contribution is 2.10. The third-order valence-corrected chi connectivity index (χ3v) is 2.76. The van der Waals surface area contributed by atoms with Gasteiger partial charge in [0.1, 0.15) is 0 Å². The van der Waals surface area contributed by atoms with Gasteiger partial charge in [0.15, 0.2) is 0 Å². The highest BCUT2D eigenvalue weighted by molar-refractivity contribution is 4.47. The zero-order chi connectivity index (χ0) is 18.6. The summed E-state index contributed by atoms with van der Waals surface area (Å²) in [5.41, 5.74) is 0. The van der Waals surface area contributed by atoms with Gasteiger partial charge in [0.25, 0.3) is 0 Å². The largest absolute Gasteiger partial charge is 0.397 e. The van der Waals surface area contributed by atoms with E-state index in [0.717, 1.165) is 6.42 Å². The fraction of sp³-hybridized carbons (Fsp3) is 1.00. The van der Waals surface area contributed by atoms with Crippen LogP contribution in [0.3, 0.4) is 0 Å². The first kappa shape index (κ1) is 30.7. The van der Waals surface area contributed by atoms with Crippen molar-refractivity contribution in [3.8, 4) is 0 Å². The lowest BCUT2D eigenvalue weighted by molar-refractivity contribution is 0.282. The predicted octanol–water partition coefficient (Wildman–Crippen LogP) is 4.29. The summed E-state index contributed by atoms with van der Waals surface area (Å²) in [7, 11) is 0. The average molecular weight is 339 g/mol. The number of hydrogen-bond acceptors (Lipinski definition) is 4. The molecule has 0 aromatic heterocycles. The van der Waals surface area contributed by atoms with Gasteiger partial charge in [0.2, 0.25) is 0 Å². The second kappa shape index (κ2) is 43.1. The maximum absolute atomic E-state index is 8.59. The fourth-order valence-electron chi connectivity index (χ4n) is 1.78. The van der Waals surface area contributed by atoms with Crippen LogP contribution in [0.25, 0.3) is 0 Å². The van der Waals surface area contributed by atoms with E-state index in [2.05, 4.69) is 6.92 Å². The molecule has 0 saturated carbocycles. The van der Waals surface area contributed by atoms with E-state index >= 15 is 0 Å². The molecule has 23 heavy (non-hydrogen) atoms. The summed E-state index contributed by atoms with van der Waals surface area (Å²) in [4.78, 5) is 0. The monoisotopic (exact) mass is 338 g/mol. The number of aliphatic hydroxyl groups is 4. The normalized spacial score (nSPS) is 8.87. The number of hydrogen-bond donors (Lipinski definition) is 4. The van der Waals surface area contributed by atoms with Crippen molar-refractivity contribution in [1.29, 1.82) is 0 Å². The van der Waals surface area contributed by atoms with Crippen LogP contribution >= 0.6 is 0 Å². The maximum atomic E-state index is 8.59. The van der Waals surface area contributed by atoms with E-state index < -0.39 is 0 Å². The summed E-state index contributed by atoms with van der Waals surface area (Å²) in [5, 5.41) is 31.3. The van der Waals surface area contributed by atoms with E-state index in [1.54, 1.807) is 20.8 Å². The van der Waals surface area contributed by atoms with E-state index in [1.165, 1.54) is 64.2 Å². The molecule has 0 unspecified atom stereocenters. The Hall–Kier alpha value is -0.160. The molecule has 0 bridgehead atoms. The Balaban J connectivity index is -0.000000166. The fourth-order valence-corrected chi connectivity index (χ4v) is 1.78. The second-order valence-corrected chi connectivity index (χ2v) is 5.21. The lowest BCUT2D eigenvalue weighted by Crippen LogP contribution is -1.84. The molecule has 4 N–H and O–H groups in total. The molecule has 0 aromatic rings. The first-order valence-corrected chi connectivity index (χ1v) is 9.59. The van der Waals surface area contributed by atoms with Gasteiger partial charge in [-0.05, 0) is 27.2 Å². The van der Waals surface area contributed by atoms with Crippen LogP contribution in [-0.2, 0) is 0 Å². The first-order chi connectivity index (χ1) is 11.2. The summed E-state index contributed by atoms with van der Waals surface area (Å²) >= 11 is 0. The van der Waals surface area contributed by atoms with Gasteiger partial charge in [-0.1, -0.05) is 71.1 Å². The highest BCUT2D eigenvalue weighted by Gasteiger charge is 1.91. The molecule has 146 valence electrons. The third kappa shape index (κ3) is 73.2. The molecule has 0 radical (unpaired) electrons. The van der Waals surface area contributed by atoms with E-state index in [4.69, 9.17) is 20.4 Å². The summed E-state index contributed by atoms with van der Waals surface area (Å²) in [6.45, 7) is 8.43. The molecule has 0 aliphatic heterocycles. The van der Waals surface area contributed by atoms with Gasteiger partial charge in [0.05, 0.1) is 0 Å². The molecule has 0 heterocycles. The summed E-state index contributed by atoms with van der Waals surface area (Å²) in [5.74, 6) is 0. The Morgan fingerprint density at radius 3 is 0.826 bits per heavy atom. The van der Waals surface area contributed by atoms with Crippen LogP contribution in [0.15, 0.2) is 0 Å². The van der Waals surface area contributed by atoms with Crippen molar-refractivity contribution in [1.82, 2.24) is 0 Å². The van der Waals surface area contributed by atoms with Gasteiger partial charge in [-0.2, -0.15) is 0 Å². The molecule has 0 fully saturated rings. The molecule has 0 amide bonds. The van der Waals surface area contributed by atoms with Crippen LogP contribution in [-0.4, -0.2) is 46.9 Å². The van der Waals surface area contributed by atoms with E-state index in [-0.39, 0.29) is 19.8 Å². The molecular formula is C19H46O4. The predicted molar refractivity (Wildman–Crippen MR) is 102 cm³/mol. The van der Waals surface area contributed by atoms with E-state index in [0.29, 0.717) is 6.61 Å². The Kier molecular flexibility index (Phi) is 57.5. The molecular weight excluding hydrogens is 292 g/mol. The SMILES string of the molecule is CCCCCCCCCCCCCO.CCO.CCO.CCO. The highest BCUT2D eigenvalue weighted by atomic mass is 16.3. The summed E-state index contributed by atoms with van der Waals surface area (Å²) in [6.07, 6.45) is 14.8. The minimum atomic E-state index is 0.250. The first-order valence-electron chi connectivity index (χ1n) is 9.59. The minimum Gasteiger partial charge on any atom is -0.397 e. The second-order valence-electron chi connectivity index (χ2n) is 5.21. The van der Waals surface area contributed by atoms with Crippen molar-refractivity contribution in [2.45, 2.75) is 98.3 Å². The van der Waals surface area contributed by atoms with Gasteiger partial charge in [-0.3, -0.25) is 0 Å². The van der Waals surface area contributed by atoms with Crippen molar-refractivity contribution >= 4 is 0 Å². The van der Waals surface area contributed by atoms with Crippen LogP contribution in [0.5, 0.6) is 0 Å². The molecule has 0 saturated heterocycles. The maximum Gasteiger partial charge on any atom is 0.0431 e. The quantitative estimate of drug-likeness (QED) is 0.424. The number of aliphatic hydroxyl groups excluding tert-OH is 4. The van der Waals surface area contributed by atoms with Gasteiger partial charge < -0.3 is 20.4 Å². The minimum absolute atomic E-state index is 0.250. The van der Waals surface area contributed by atoms with Crippen LogP contribution in [0.2, 0.25) is 0 Å². The van der Waals surface area contributed by atoms with Crippen molar-refractivity contribution < 1.29 is 20.4 Å². The molecule has 0 aliphatic rings. The van der Waals surface area contributed by atoms with Crippen molar-refractivity contribution in [2.75, 3.05) is 26.4 Å². The zero-order valence-corrected chi connectivity index (χ0v) is 16.4. The molecule has 0 aromatic carbocycles. The zero-order valence-electron chi connectivity index (χ0n) is 16.4. The van der Waals surface area contributed by atoms with E-state index in [9.17, 15) is 0 Å². The van der Waals surface area contributed by atoms with Gasteiger partial charge >= 0.3 is 0 Å². The average Bonchev–Trinajstić information content (AvgIpc) is 2.52. The molecule has 0 spiro atoms. The molecule has 0 atom stereocenters. The van der Waals surface area contributed by atoms with Gasteiger partial charge in [-0.15, -0.1) is 0 Å². The molecule has 4 heteroatoms. The lowest BCUT2D eigenvalue weighted by Gasteiger charge is -2.01. The molecule has 0 rings (SSSR count). The van der Waals surface area contributed by atoms with Crippen molar-refractivity contribution in [2.24, 2.45) is 0 Å². The van der Waals surface area contributed by atoms with Gasteiger partial charge in [0, 0.05) is 26.4 Å². The Morgan fingerprint density at radius 1 is 0.391 bits per heavy atom. The Labute approximate surface area is 146 Å².